The summed E-state index contributed by atoms with van der Waals surface area (Å²) in [6.07, 6.45) is 1.67. The predicted octanol–water partition coefficient (Wildman–Crippen LogP) is 0.408. The van der Waals surface area contributed by atoms with Gasteiger partial charge in [-0.1, -0.05) is 20.8 Å². The van der Waals surface area contributed by atoms with E-state index in [-0.39, 0.29) is 23.9 Å². The molecule has 5 heteroatoms. The Balaban J connectivity index is 2.25. The first kappa shape index (κ1) is 15.4. The number of ether oxygens (including phenoxy) is 1. The summed E-state index contributed by atoms with van der Waals surface area (Å²) in [6.45, 7) is 7.39. The van der Waals surface area contributed by atoms with Crippen molar-refractivity contribution in [2.24, 2.45) is 11.1 Å². The highest BCUT2D eigenvalue weighted by atomic mass is 16.5. The first-order chi connectivity index (χ1) is 8.20. The van der Waals surface area contributed by atoms with Gasteiger partial charge in [0.1, 0.15) is 5.60 Å². The van der Waals surface area contributed by atoms with E-state index in [0.717, 1.165) is 6.42 Å². The van der Waals surface area contributed by atoms with Gasteiger partial charge in [0.05, 0.1) is 6.61 Å². The number of rotatable bonds is 5. The van der Waals surface area contributed by atoms with Crippen LogP contribution < -0.4 is 11.1 Å². The van der Waals surface area contributed by atoms with E-state index in [9.17, 15) is 9.90 Å². The molecular formula is C13H26N2O3. The molecule has 0 aromatic heterocycles. The van der Waals surface area contributed by atoms with Gasteiger partial charge in [-0.15, -0.1) is 0 Å². The number of nitrogens with two attached hydrogens (primary N) is 1. The average Bonchev–Trinajstić information content (AvgIpc) is 2.60. The normalized spacial score (nSPS) is 26.1. The molecule has 106 valence electrons. The van der Waals surface area contributed by atoms with Crippen LogP contribution in [0.3, 0.4) is 0 Å². The van der Waals surface area contributed by atoms with Gasteiger partial charge in [-0.2, -0.15) is 0 Å². The van der Waals surface area contributed by atoms with Gasteiger partial charge in [0.25, 0.3) is 0 Å². The fraction of sp³-hybridized carbons (Fsp3) is 0.923. The molecule has 1 rings (SSSR count). The van der Waals surface area contributed by atoms with Crippen molar-refractivity contribution < 1.29 is 14.6 Å². The van der Waals surface area contributed by atoms with Gasteiger partial charge in [0.15, 0.2) is 0 Å². The molecule has 2 atom stereocenters. The van der Waals surface area contributed by atoms with E-state index < -0.39 is 5.60 Å². The summed E-state index contributed by atoms with van der Waals surface area (Å²) in [7, 11) is 0. The van der Waals surface area contributed by atoms with Crippen LogP contribution in [0.1, 0.15) is 40.0 Å². The number of aliphatic hydroxyl groups is 1. The lowest BCUT2D eigenvalue weighted by molar-refractivity contribution is -0.122. The summed E-state index contributed by atoms with van der Waals surface area (Å²) in [5.74, 6) is -0.105. The van der Waals surface area contributed by atoms with E-state index in [1.165, 1.54) is 0 Å². The third-order valence-corrected chi connectivity index (χ3v) is 3.02. The maximum Gasteiger partial charge on any atom is 0.221 e. The first-order valence-electron chi connectivity index (χ1n) is 6.53. The zero-order valence-electron chi connectivity index (χ0n) is 11.7. The van der Waals surface area contributed by atoms with Crippen LogP contribution in [0.4, 0.5) is 0 Å². The lowest BCUT2D eigenvalue weighted by atomic mass is 9.87. The Kier molecular flexibility index (Phi) is 5.13. The fourth-order valence-corrected chi connectivity index (χ4v) is 2.17. The highest BCUT2D eigenvalue weighted by Crippen LogP contribution is 2.21. The van der Waals surface area contributed by atoms with Crippen molar-refractivity contribution in [3.05, 3.63) is 0 Å². The van der Waals surface area contributed by atoms with Gasteiger partial charge in [-0.05, 0) is 11.8 Å². The van der Waals surface area contributed by atoms with Crippen molar-refractivity contribution in [3.63, 3.8) is 0 Å². The summed E-state index contributed by atoms with van der Waals surface area (Å²) >= 11 is 0. The van der Waals surface area contributed by atoms with Crippen molar-refractivity contribution in [2.45, 2.75) is 51.7 Å². The Morgan fingerprint density at radius 1 is 1.56 bits per heavy atom. The second-order valence-electron chi connectivity index (χ2n) is 6.53. The molecule has 0 radical (unpaired) electrons. The lowest BCUT2D eigenvalue weighted by Crippen LogP contribution is -2.44. The molecule has 0 spiro atoms. The SMILES string of the molecule is CC(C)(C)CC(N)CC(=O)NCC1(O)CCOC1. The second-order valence-corrected chi connectivity index (χ2v) is 6.53. The summed E-state index contributed by atoms with van der Waals surface area (Å²) in [6, 6.07) is -0.139. The number of hydrogen-bond acceptors (Lipinski definition) is 4. The average molecular weight is 258 g/mol. The predicted molar refractivity (Wildman–Crippen MR) is 70.1 cm³/mol. The number of nitrogens with one attached hydrogen (secondary N) is 1. The van der Waals surface area contributed by atoms with Crippen molar-refractivity contribution in [1.29, 1.82) is 0 Å². The standard InChI is InChI=1S/C13H26N2O3/c1-12(2,3)7-10(14)6-11(16)15-8-13(17)4-5-18-9-13/h10,17H,4-9,14H2,1-3H3,(H,15,16). The van der Waals surface area contributed by atoms with Gasteiger partial charge in [-0.25, -0.2) is 0 Å². The fourth-order valence-electron chi connectivity index (χ4n) is 2.17. The molecular weight excluding hydrogens is 232 g/mol. The van der Waals surface area contributed by atoms with Crippen molar-refractivity contribution in [1.82, 2.24) is 5.32 Å². The molecule has 1 aliphatic rings. The quantitative estimate of drug-likeness (QED) is 0.667. The Bertz CT molecular complexity index is 280. The van der Waals surface area contributed by atoms with Gasteiger partial charge in [0.2, 0.25) is 5.91 Å². The molecule has 18 heavy (non-hydrogen) atoms. The molecule has 5 nitrogen and oxygen atoms in total. The minimum atomic E-state index is -0.899. The van der Waals surface area contributed by atoms with Crippen LogP contribution in [-0.2, 0) is 9.53 Å². The maximum atomic E-state index is 11.7. The van der Waals surface area contributed by atoms with Crippen LogP contribution in [0.2, 0.25) is 0 Å². The molecule has 0 saturated carbocycles. The highest BCUT2D eigenvalue weighted by molar-refractivity contribution is 5.76. The second kappa shape index (κ2) is 5.99. The topological polar surface area (TPSA) is 84.6 Å². The number of hydrogen-bond donors (Lipinski definition) is 3. The number of carbonyl (C=O) groups excluding carboxylic acids is 1. The largest absolute Gasteiger partial charge is 0.386 e. The van der Waals surface area contributed by atoms with Crippen molar-refractivity contribution in [2.75, 3.05) is 19.8 Å². The Labute approximate surface area is 109 Å². The van der Waals surface area contributed by atoms with Crippen molar-refractivity contribution >= 4 is 5.91 Å². The van der Waals surface area contributed by atoms with Crippen LogP contribution in [0.15, 0.2) is 0 Å². The minimum Gasteiger partial charge on any atom is -0.386 e. The van der Waals surface area contributed by atoms with Crippen LogP contribution in [0.25, 0.3) is 0 Å². The zero-order valence-corrected chi connectivity index (χ0v) is 11.7. The molecule has 4 N–H and O–H groups in total. The summed E-state index contributed by atoms with van der Waals surface area (Å²) in [5, 5.41) is 12.7. The molecule has 2 unspecified atom stereocenters. The summed E-state index contributed by atoms with van der Waals surface area (Å²) in [4.78, 5) is 11.7. The molecule has 1 aliphatic heterocycles. The van der Waals surface area contributed by atoms with Gasteiger partial charge in [-0.3, -0.25) is 4.79 Å². The van der Waals surface area contributed by atoms with Crippen molar-refractivity contribution in [3.8, 4) is 0 Å². The number of carbonyl (C=O) groups is 1. The smallest absolute Gasteiger partial charge is 0.221 e. The lowest BCUT2D eigenvalue weighted by Gasteiger charge is -2.24. The maximum absolute atomic E-state index is 11.7. The van der Waals surface area contributed by atoms with Crippen LogP contribution >= 0.6 is 0 Å². The molecule has 0 aromatic rings. The minimum absolute atomic E-state index is 0.105. The van der Waals surface area contributed by atoms with E-state index in [4.69, 9.17) is 10.5 Å². The molecule has 1 fully saturated rings. The van der Waals surface area contributed by atoms with Gasteiger partial charge >= 0.3 is 0 Å². The molecule has 1 saturated heterocycles. The third-order valence-electron chi connectivity index (χ3n) is 3.02. The Morgan fingerprint density at radius 3 is 2.72 bits per heavy atom. The monoisotopic (exact) mass is 258 g/mol. The zero-order chi connectivity index (χ0) is 13.8. The van der Waals surface area contributed by atoms with E-state index in [1.807, 2.05) is 0 Å². The van der Waals surface area contributed by atoms with Gasteiger partial charge < -0.3 is 20.9 Å². The van der Waals surface area contributed by atoms with E-state index >= 15 is 0 Å². The number of amides is 1. The van der Waals surface area contributed by atoms with Crippen LogP contribution in [-0.4, -0.2) is 42.4 Å². The Hall–Kier alpha value is -0.650. The molecule has 1 amide bonds. The first-order valence-corrected chi connectivity index (χ1v) is 6.53. The molecule has 0 bridgehead atoms. The molecule has 1 heterocycles. The third kappa shape index (κ3) is 5.80. The van der Waals surface area contributed by atoms with Crippen LogP contribution in [0.5, 0.6) is 0 Å². The Morgan fingerprint density at radius 2 is 2.22 bits per heavy atom. The van der Waals surface area contributed by atoms with Gasteiger partial charge in [0, 0.05) is 32.0 Å². The highest BCUT2D eigenvalue weighted by Gasteiger charge is 2.32. The van der Waals surface area contributed by atoms with E-state index in [0.29, 0.717) is 26.1 Å². The van der Waals surface area contributed by atoms with Crippen LogP contribution in [0, 0.1) is 5.41 Å². The van der Waals surface area contributed by atoms with E-state index in [2.05, 4.69) is 26.1 Å². The summed E-state index contributed by atoms with van der Waals surface area (Å²) in [5.41, 5.74) is 5.15. The molecule has 0 aromatic carbocycles. The van der Waals surface area contributed by atoms with E-state index in [1.54, 1.807) is 0 Å². The summed E-state index contributed by atoms with van der Waals surface area (Å²) < 4.78 is 5.11. The molecule has 0 aliphatic carbocycles.